The molecule has 1 aliphatic heterocycles. The molecule has 0 atom stereocenters. The minimum Gasteiger partial charge on any atom is -0.494 e. The van der Waals surface area contributed by atoms with E-state index in [0.717, 1.165) is 43.9 Å². The summed E-state index contributed by atoms with van der Waals surface area (Å²) >= 11 is 0. The Balaban J connectivity index is 1.72. The van der Waals surface area contributed by atoms with Crippen molar-refractivity contribution in [3.8, 4) is 5.75 Å². The lowest BCUT2D eigenvalue weighted by Crippen LogP contribution is -2.42. The van der Waals surface area contributed by atoms with Crippen molar-refractivity contribution >= 4 is 11.8 Å². The average Bonchev–Trinajstić information content (AvgIpc) is 2.53. The summed E-state index contributed by atoms with van der Waals surface area (Å²) in [5, 5.41) is 3.48. The number of nitrogens with one attached hydrogen (secondary N) is 1. The van der Waals surface area contributed by atoms with E-state index in [1.165, 1.54) is 0 Å². The number of nitrogens with zero attached hydrogens (tertiary/aromatic N) is 1. The molecule has 1 N–H and O–H groups in total. The monoisotopic (exact) mass is 334 g/mol. The molecule has 24 heavy (non-hydrogen) atoms. The summed E-state index contributed by atoms with van der Waals surface area (Å²) in [6.45, 7) is 10.8. The Morgan fingerprint density at radius 3 is 2.38 bits per heavy atom. The molecule has 0 unspecified atom stereocenters. The minimum absolute atomic E-state index is 0.194. The van der Waals surface area contributed by atoms with E-state index in [2.05, 4.69) is 5.32 Å². The van der Waals surface area contributed by atoms with Crippen molar-refractivity contribution in [1.82, 2.24) is 4.90 Å². The van der Waals surface area contributed by atoms with Crippen LogP contribution in [0.4, 0.5) is 10.5 Å². The third-order valence-corrected chi connectivity index (χ3v) is 4.03. The molecular weight excluding hydrogens is 304 g/mol. The van der Waals surface area contributed by atoms with E-state index in [1.807, 2.05) is 56.9 Å². The summed E-state index contributed by atoms with van der Waals surface area (Å²) in [7, 11) is 0. The van der Waals surface area contributed by atoms with Crippen LogP contribution in [0, 0.1) is 5.92 Å². The molecule has 5 nitrogen and oxygen atoms in total. The van der Waals surface area contributed by atoms with Crippen LogP contribution in [0.3, 0.4) is 0 Å². The van der Waals surface area contributed by atoms with Gasteiger partial charge in [-0.3, -0.25) is 0 Å². The highest BCUT2D eigenvalue weighted by Gasteiger charge is 2.26. The Hall–Kier alpha value is -1.91. The van der Waals surface area contributed by atoms with Crippen molar-refractivity contribution in [3.63, 3.8) is 0 Å². The molecule has 134 valence electrons. The molecule has 2 rings (SSSR count). The first-order chi connectivity index (χ1) is 11.4. The summed E-state index contributed by atoms with van der Waals surface area (Å²) in [6.07, 6.45) is 1.81. The smallest absolute Gasteiger partial charge is 0.410 e. The number of benzene rings is 1. The van der Waals surface area contributed by atoms with Crippen molar-refractivity contribution in [1.29, 1.82) is 0 Å². The molecule has 0 aliphatic carbocycles. The van der Waals surface area contributed by atoms with Crippen molar-refractivity contribution < 1.29 is 14.3 Å². The molecule has 1 amide bonds. The lowest BCUT2D eigenvalue weighted by Gasteiger charge is -2.33. The van der Waals surface area contributed by atoms with E-state index < -0.39 is 5.60 Å². The quantitative estimate of drug-likeness (QED) is 0.879. The molecule has 0 radical (unpaired) electrons. The summed E-state index contributed by atoms with van der Waals surface area (Å²) in [5.41, 5.74) is 0.677. The third kappa shape index (κ3) is 5.95. The van der Waals surface area contributed by atoms with Gasteiger partial charge in [0, 0.05) is 25.3 Å². The fraction of sp³-hybridized carbons (Fsp3) is 0.632. The maximum absolute atomic E-state index is 12.1. The van der Waals surface area contributed by atoms with Crippen molar-refractivity contribution in [3.05, 3.63) is 24.3 Å². The maximum Gasteiger partial charge on any atom is 0.410 e. The number of hydrogen-bond donors (Lipinski definition) is 1. The standard InChI is InChI=1S/C19H30N2O3/c1-5-23-17-8-6-16(7-9-17)20-14-15-10-12-21(13-11-15)18(22)24-19(2,3)4/h6-9,15,20H,5,10-14H2,1-4H3. The van der Waals surface area contributed by atoms with Crippen LogP contribution in [0.25, 0.3) is 0 Å². The predicted molar refractivity (Wildman–Crippen MR) is 96.6 cm³/mol. The van der Waals surface area contributed by atoms with Gasteiger partial charge in [-0.1, -0.05) is 0 Å². The number of ether oxygens (including phenoxy) is 2. The molecule has 0 spiro atoms. The Bertz CT molecular complexity index is 514. The minimum atomic E-state index is -0.427. The van der Waals surface area contributed by atoms with Gasteiger partial charge in [-0.05, 0) is 70.7 Å². The van der Waals surface area contributed by atoms with Gasteiger partial charge < -0.3 is 19.7 Å². The number of hydrogen-bond acceptors (Lipinski definition) is 4. The first-order valence-electron chi connectivity index (χ1n) is 8.82. The number of rotatable bonds is 5. The Kier molecular flexibility index (Phi) is 6.35. The van der Waals surface area contributed by atoms with Gasteiger partial charge in [0.1, 0.15) is 11.4 Å². The number of amides is 1. The third-order valence-electron chi connectivity index (χ3n) is 4.03. The number of piperidine rings is 1. The molecule has 1 heterocycles. The molecule has 1 aromatic carbocycles. The second-order valence-corrected chi connectivity index (χ2v) is 7.25. The zero-order chi connectivity index (χ0) is 17.6. The molecule has 1 saturated heterocycles. The Morgan fingerprint density at radius 1 is 1.21 bits per heavy atom. The van der Waals surface area contributed by atoms with Crippen LogP contribution < -0.4 is 10.1 Å². The number of carbonyl (C=O) groups is 1. The second kappa shape index (κ2) is 8.27. The van der Waals surface area contributed by atoms with Gasteiger partial charge in [-0.2, -0.15) is 0 Å². The average molecular weight is 334 g/mol. The SMILES string of the molecule is CCOc1ccc(NCC2CCN(C(=O)OC(C)(C)C)CC2)cc1. The zero-order valence-corrected chi connectivity index (χ0v) is 15.3. The van der Waals surface area contributed by atoms with Gasteiger partial charge in [0.25, 0.3) is 0 Å². The highest BCUT2D eigenvalue weighted by molar-refractivity contribution is 5.68. The summed E-state index contributed by atoms with van der Waals surface area (Å²) in [5.74, 6) is 1.48. The number of anilines is 1. The predicted octanol–water partition coefficient (Wildman–Crippen LogP) is 4.14. The van der Waals surface area contributed by atoms with E-state index >= 15 is 0 Å². The highest BCUT2D eigenvalue weighted by Crippen LogP contribution is 2.21. The largest absolute Gasteiger partial charge is 0.494 e. The molecule has 0 aromatic heterocycles. The van der Waals surface area contributed by atoms with Gasteiger partial charge >= 0.3 is 6.09 Å². The lowest BCUT2D eigenvalue weighted by atomic mass is 9.97. The fourth-order valence-electron chi connectivity index (χ4n) is 2.74. The van der Waals surface area contributed by atoms with Crippen LogP contribution in [0.1, 0.15) is 40.5 Å². The fourth-order valence-corrected chi connectivity index (χ4v) is 2.74. The van der Waals surface area contributed by atoms with E-state index in [-0.39, 0.29) is 6.09 Å². The summed E-state index contributed by atoms with van der Waals surface area (Å²) in [4.78, 5) is 13.9. The van der Waals surface area contributed by atoms with Crippen LogP contribution in [-0.4, -0.2) is 42.8 Å². The molecule has 1 fully saturated rings. The highest BCUT2D eigenvalue weighted by atomic mass is 16.6. The maximum atomic E-state index is 12.1. The van der Waals surface area contributed by atoms with Gasteiger partial charge in [-0.25, -0.2) is 4.79 Å². The van der Waals surface area contributed by atoms with E-state index in [1.54, 1.807) is 0 Å². The first kappa shape index (κ1) is 18.4. The lowest BCUT2D eigenvalue weighted by molar-refractivity contribution is 0.0188. The summed E-state index contributed by atoms with van der Waals surface area (Å²) in [6, 6.07) is 8.05. The van der Waals surface area contributed by atoms with E-state index in [0.29, 0.717) is 12.5 Å². The van der Waals surface area contributed by atoms with Crippen molar-refractivity contribution in [2.24, 2.45) is 5.92 Å². The molecule has 0 saturated carbocycles. The second-order valence-electron chi connectivity index (χ2n) is 7.25. The molecule has 1 aromatic rings. The van der Waals surface area contributed by atoms with E-state index in [4.69, 9.17) is 9.47 Å². The van der Waals surface area contributed by atoms with Crippen molar-refractivity contribution in [2.75, 3.05) is 31.6 Å². The normalized spacial score (nSPS) is 15.9. The Morgan fingerprint density at radius 2 is 1.83 bits per heavy atom. The van der Waals surface area contributed by atoms with Crippen LogP contribution in [0.15, 0.2) is 24.3 Å². The van der Waals surface area contributed by atoms with Crippen LogP contribution in [0.2, 0.25) is 0 Å². The molecule has 1 aliphatic rings. The van der Waals surface area contributed by atoms with Gasteiger partial charge in [0.15, 0.2) is 0 Å². The molecule has 5 heteroatoms. The van der Waals surface area contributed by atoms with E-state index in [9.17, 15) is 4.79 Å². The Labute approximate surface area is 145 Å². The van der Waals surface area contributed by atoms with Gasteiger partial charge in [0.2, 0.25) is 0 Å². The zero-order valence-electron chi connectivity index (χ0n) is 15.3. The van der Waals surface area contributed by atoms with Crippen LogP contribution in [0.5, 0.6) is 5.75 Å². The van der Waals surface area contributed by atoms with Gasteiger partial charge in [0.05, 0.1) is 6.61 Å². The number of carbonyl (C=O) groups excluding carboxylic acids is 1. The van der Waals surface area contributed by atoms with Gasteiger partial charge in [-0.15, -0.1) is 0 Å². The molecule has 0 bridgehead atoms. The number of likely N-dealkylation sites (tertiary alicyclic amines) is 1. The summed E-state index contributed by atoms with van der Waals surface area (Å²) < 4.78 is 10.9. The van der Waals surface area contributed by atoms with Crippen molar-refractivity contribution in [2.45, 2.75) is 46.1 Å². The first-order valence-corrected chi connectivity index (χ1v) is 8.82. The molecular formula is C19H30N2O3. The van der Waals surface area contributed by atoms with Crippen LogP contribution >= 0.6 is 0 Å². The topological polar surface area (TPSA) is 50.8 Å². The van der Waals surface area contributed by atoms with Crippen LogP contribution in [-0.2, 0) is 4.74 Å².